The topological polar surface area (TPSA) is 61.2 Å². The molecule has 2 aromatic heterocycles. The first-order valence-electron chi connectivity index (χ1n) is 8.68. The molecule has 0 saturated heterocycles. The van der Waals surface area contributed by atoms with Gasteiger partial charge in [0.2, 0.25) is 0 Å². The predicted molar refractivity (Wildman–Crippen MR) is 105 cm³/mol. The van der Waals surface area contributed by atoms with E-state index in [1.807, 2.05) is 50.4 Å². The minimum atomic E-state index is -0.723. The number of aromatic nitrogens is 2. The summed E-state index contributed by atoms with van der Waals surface area (Å²) in [4.78, 5) is 30.5. The number of carbonyl (C=O) groups excluding carboxylic acids is 1. The molecule has 0 fully saturated rings. The van der Waals surface area contributed by atoms with Gasteiger partial charge in [0.05, 0.1) is 17.8 Å². The molecule has 3 aromatic rings. The molecule has 0 aliphatic heterocycles. The third-order valence-corrected chi connectivity index (χ3v) is 5.42. The summed E-state index contributed by atoms with van der Waals surface area (Å²) in [6.07, 6.45) is 1.98. The molecular formula is C20H22N2O3S. The Morgan fingerprint density at radius 3 is 2.62 bits per heavy atom. The Morgan fingerprint density at radius 2 is 1.96 bits per heavy atom. The molecular weight excluding hydrogens is 348 g/mol. The van der Waals surface area contributed by atoms with E-state index in [-0.39, 0.29) is 11.7 Å². The number of thiophene rings is 1. The molecule has 26 heavy (non-hydrogen) atoms. The van der Waals surface area contributed by atoms with Crippen molar-refractivity contribution in [1.29, 1.82) is 0 Å². The van der Waals surface area contributed by atoms with E-state index < -0.39 is 12.0 Å². The summed E-state index contributed by atoms with van der Waals surface area (Å²) in [5.74, 6) is -0.422. The molecule has 5 nitrogen and oxygen atoms in total. The SMILES string of the molecule is CCC(C)OC(=O)C(C)n1cnc2scc(-c3ccc(C)cc3)c2c1=O. The van der Waals surface area contributed by atoms with Crippen LogP contribution < -0.4 is 5.56 Å². The highest BCUT2D eigenvalue weighted by atomic mass is 32.1. The molecule has 3 rings (SSSR count). The molecule has 2 atom stereocenters. The number of carbonyl (C=O) groups is 1. The molecule has 2 unspecified atom stereocenters. The van der Waals surface area contributed by atoms with E-state index in [0.29, 0.717) is 10.2 Å². The second-order valence-electron chi connectivity index (χ2n) is 6.48. The van der Waals surface area contributed by atoms with Crippen LogP contribution in [-0.4, -0.2) is 21.6 Å². The lowest BCUT2D eigenvalue weighted by atomic mass is 10.0. The van der Waals surface area contributed by atoms with Gasteiger partial charge in [0.1, 0.15) is 10.9 Å². The zero-order chi connectivity index (χ0) is 18.8. The first kappa shape index (κ1) is 18.3. The van der Waals surface area contributed by atoms with Gasteiger partial charge in [0, 0.05) is 10.9 Å². The maximum atomic E-state index is 13.1. The first-order chi connectivity index (χ1) is 12.4. The zero-order valence-electron chi connectivity index (χ0n) is 15.4. The Hall–Kier alpha value is -2.47. The fraction of sp³-hybridized carbons (Fsp3) is 0.350. The molecule has 2 heterocycles. The van der Waals surface area contributed by atoms with Crippen molar-refractivity contribution in [2.75, 3.05) is 0 Å². The van der Waals surface area contributed by atoms with E-state index in [9.17, 15) is 9.59 Å². The molecule has 0 aliphatic carbocycles. The van der Waals surface area contributed by atoms with Crippen molar-refractivity contribution in [2.24, 2.45) is 0 Å². The predicted octanol–water partition coefficient (Wildman–Crippen LogP) is 4.34. The Morgan fingerprint density at radius 1 is 1.27 bits per heavy atom. The van der Waals surface area contributed by atoms with Gasteiger partial charge < -0.3 is 4.74 Å². The highest BCUT2D eigenvalue weighted by molar-refractivity contribution is 7.17. The Bertz CT molecular complexity index is 988. The van der Waals surface area contributed by atoms with Crippen LogP contribution in [0.3, 0.4) is 0 Å². The fourth-order valence-corrected chi connectivity index (χ4v) is 3.57. The average molecular weight is 370 g/mol. The molecule has 0 bridgehead atoms. The summed E-state index contributed by atoms with van der Waals surface area (Å²) in [6.45, 7) is 7.47. The molecule has 1 aromatic carbocycles. The van der Waals surface area contributed by atoms with Gasteiger partial charge in [-0.15, -0.1) is 11.3 Å². The Kier molecular flexibility index (Phi) is 5.23. The van der Waals surface area contributed by atoms with E-state index >= 15 is 0 Å². The molecule has 6 heteroatoms. The maximum absolute atomic E-state index is 13.1. The number of nitrogens with zero attached hydrogens (tertiary/aromatic N) is 2. The summed E-state index contributed by atoms with van der Waals surface area (Å²) < 4.78 is 6.73. The maximum Gasteiger partial charge on any atom is 0.329 e. The second kappa shape index (κ2) is 7.41. The largest absolute Gasteiger partial charge is 0.461 e. The molecule has 0 amide bonds. The molecule has 0 saturated carbocycles. The second-order valence-corrected chi connectivity index (χ2v) is 7.34. The lowest BCUT2D eigenvalue weighted by Crippen LogP contribution is -2.31. The number of esters is 1. The van der Waals surface area contributed by atoms with Gasteiger partial charge >= 0.3 is 5.97 Å². The monoisotopic (exact) mass is 370 g/mol. The van der Waals surface area contributed by atoms with Gasteiger partial charge in [-0.2, -0.15) is 0 Å². The third kappa shape index (κ3) is 3.42. The van der Waals surface area contributed by atoms with Crippen molar-refractivity contribution in [3.63, 3.8) is 0 Å². The van der Waals surface area contributed by atoms with Crippen molar-refractivity contribution in [2.45, 2.75) is 46.3 Å². The van der Waals surface area contributed by atoms with Crippen molar-refractivity contribution in [1.82, 2.24) is 9.55 Å². The summed E-state index contributed by atoms with van der Waals surface area (Å²) in [5.41, 5.74) is 2.75. The molecule has 0 radical (unpaired) electrons. The minimum Gasteiger partial charge on any atom is -0.461 e. The van der Waals surface area contributed by atoms with E-state index in [2.05, 4.69) is 4.98 Å². The third-order valence-electron chi connectivity index (χ3n) is 4.53. The molecule has 0 N–H and O–H groups in total. The summed E-state index contributed by atoms with van der Waals surface area (Å²) in [6, 6.07) is 7.29. The number of hydrogen-bond donors (Lipinski definition) is 0. The van der Waals surface area contributed by atoms with Crippen LogP contribution in [0.25, 0.3) is 21.3 Å². The van der Waals surface area contributed by atoms with Crippen LogP contribution in [0.1, 0.15) is 38.8 Å². The Labute approximate surface area is 156 Å². The summed E-state index contributed by atoms with van der Waals surface area (Å²) >= 11 is 1.43. The zero-order valence-corrected chi connectivity index (χ0v) is 16.2. The number of ether oxygens (including phenoxy) is 1. The van der Waals surface area contributed by atoms with Gasteiger partial charge in [-0.25, -0.2) is 9.78 Å². The number of hydrogen-bond acceptors (Lipinski definition) is 5. The number of benzene rings is 1. The van der Waals surface area contributed by atoms with Crippen molar-refractivity contribution in [3.05, 3.63) is 51.9 Å². The van der Waals surface area contributed by atoms with Crippen LogP contribution >= 0.6 is 11.3 Å². The van der Waals surface area contributed by atoms with Crippen LogP contribution in [0.15, 0.2) is 40.8 Å². The number of aryl methyl sites for hydroxylation is 1. The number of fused-ring (bicyclic) bond motifs is 1. The normalized spacial score (nSPS) is 13.5. The lowest BCUT2D eigenvalue weighted by molar-refractivity contribution is -0.152. The van der Waals surface area contributed by atoms with Gasteiger partial charge in [-0.1, -0.05) is 36.8 Å². The van der Waals surface area contributed by atoms with Gasteiger partial charge in [-0.05, 0) is 32.8 Å². The van der Waals surface area contributed by atoms with Crippen LogP contribution in [0.5, 0.6) is 0 Å². The summed E-state index contributed by atoms with van der Waals surface area (Å²) in [5, 5.41) is 2.49. The van der Waals surface area contributed by atoms with Gasteiger partial charge in [0.15, 0.2) is 0 Å². The Balaban J connectivity index is 2.05. The van der Waals surface area contributed by atoms with E-state index in [4.69, 9.17) is 4.74 Å². The highest BCUT2D eigenvalue weighted by Crippen LogP contribution is 2.31. The van der Waals surface area contributed by atoms with Crippen molar-refractivity contribution < 1.29 is 9.53 Å². The first-order valence-corrected chi connectivity index (χ1v) is 9.56. The van der Waals surface area contributed by atoms with Crippen LogP contribution in [0.4, 0.5) is 0 Å². The van der Waals surface area contributed by atoms with E-state index in [1.165, 1.54) is 22.2 Å². The highest BCUT2D eigenvalue weighted by Gasteiger charge is 2.22. The average Bonchev–Trinajstić information content (AvgIpc) is 3.07. The van der Waals surface area contributed by atoms with Crippen LogP contribution in [-0.2, 0) is 9.53 Å². The molecule has 0 aliphatic rings. The standard InChI is InChI=1S/C20H22N2O3S/c1-5-13(3)25-20(24)14(4)22-11-21-18-17(19(22)23)16(10-26-18)15-8-6-12(2)7-9-15/h6-11,13-14H,5H2,1-4H3. The van der Waals surface area contributed by atoms with Crippen LogP contribution in [0, 0.1) is 6.92 Å². The molecule has 0 spiro atoms. The van der Waals surface area contributed by atoms with Crippen molar-refractivity contribution in [3.8, 4) is 11.1 Å². The molecule has 136 valence electrons. The quantitative estimate of drug-likeness (QED) is 0.627. The minimum absolute atomic E-state index is 0.179. The number of rotatable bonds is 5. The van der Waals surface area contributed by atoms with E-state index in [1.54, 1.807) is 6.92 Å². The fourth-order valence-electron chi connectivity index (χ4n) is 2.66. The van der Waals surface area contributed by atoms with Gasteiger partial charge in [0.25, 0.3) is 5.56 Å². The summed E-state index contributed by atoms with van der Waals surface area (Å²) in [7, 11) is 0. The van der Waals surface area contributed by atoms with E-state index in [0.717, 1.165) is 23.1 Å². The lowest BCUT2D eigenvalue weighted by Gasteiger charge is -2.17. The van der Waals surface area contributed by atoms with Crippen molar-refractivity contribution >= 4 is 27.5 Å². The smallest absolute Gasteiger partial charge is 0.329 e. The van der Waals surface area contributed by atoms with Gasteiger partial charge in [-0.3, -0.25) is 9.36 Å². The van der Waals surface area contributed by atoms with Crippen LogP contribution in [0.2, 0.25) is 0 Å².